The predicted octanol–water partition coefficient (Wildman–Crippen LogP) is 1.81. The molecule has 4 rings (SSSR count). The summed E-state index contributed by atoms with van der Waals surface area (Å²) in [4.78, 5) is 28.8. The van der Waals surface area contributed by atoms with Gasteiger partial charge in [-0.1, -0.05) is 6.07 Å². The van der Waals surface area contributed by atoms with Gasteiger partial charge in [-0.2, -0.15) is 4.98 Å². The number of hydrogen-bond donors (Lipinski definition) is 2. The van der Waals surface area contributed by atoms with Gasteiger partial charge in [0, 0.05) is 30.8 Å². The molecule has 1 aliphatic heterocycles. The quantitative estimate of drug-likeness (QED) is 0.776. The number of nitrogens with one attached hydrogen (secondary N) is 1. The Hall–Kier alpha value is -2.67. The van der Waals surface area contributed by atoms with Crippen molar-refractivity contribution in [1.29, 1.82) is 0 Å². The molecule has 1 atom stereocenters. The Bertz CT molecular complexity index is 979. The van der Waals surface area contributed by atoms with Crippen LogP contribution in [0, 0.1) is 19.8 Å². The maximum absolute atomic E-state index is 12.7. The van der Waals surface area contributed by atoms with Gasteiger partial charge < -0.3 is 15.2 Å². The summed E-state index contributed by atoms with van der Waals surface area (Å²) in [6, 6.07) is 7.76. The van der Waals surface area contributed by atoms with Crippen molar-refractivity contribution >= 4 is 5.91 Å². The molecule has 154 valence electrons. The van der Waals surface area contributed by atoms with Crippen LogP contribution < -0.4 is 15.7 Å². The van der Waals surface area contributed by atoms with Crippen LogP contribution >= 0.6 is 0 Å². The standard InChI is InChI=1S/C22H27N3O4/c1-13-9-14(2)25(22(28)23-13)7-5-20(27)24-21(17-11-18(26)12-17)16-3-4-19-15(10-16)6-8-29-19/h3-4,9-10,17-18,21,26H,5-8,11-12H2,1-2H3,(H,24,27)/t17?,18?,21-/m1/s1. The molecule has 0 radical (unpaired) electrons. The van der Waals surface area contributed by atoms with E-state index in [0.717, 1.165) is 29.0 Å². The number of ether oxygens (including phenoxy) is 1. The smallest absolute Gasteiger partial charge is 0.347 e. The minimum atomic E-state index is -0.326. The zero-order chi connectivity index (χ0) is 20.5. The molecule has 7 heteroatoms. The highest BCUT2D eigenvalue weighted by molar-refractivity contribution is 5.76. The van der Waals surface area contributed by atoms with Crippen molar-refractivity contribution in [3.8, 4) is 5.75 Å². The number of aromatic nitrogens is 2. The van der Waals surface area contributed by atoms with Crippen molar-refractivity contribution in [2.75, 3.05) is 6.61 Å². The summed E-state index contributed by atoms with van der Waals surface area (Å²) < 4.78 is 7.11. The number of amides is 1. The summed E-state index contributed by atoms with van der Waals surface area (Å²) >= 11 is 0. The van der Waals surface area contributed by atoms with Crippen molar-refractivity contribution in [1.82, 2.24) is 14.9 Å². The van der Waals surface area contributed by atoms with Gasteiger partial charge in [0.15, 0.2) is 0 Å². The first-order chi connectivity index (χ1) is 13.9. The summed E-state index contributed by atoms with van der Waals surface area (Å²) in [6.45, 7) is 4.61. The van der Waals surface area contributed by atoms with Crippen molar-refractivity contribution in [2.24, 2.45) is 5.92 Å². The minimum Gasteiger partial charge on any atom is -0.493 e. The molecule has 7 nitrogen and oxygen atoms in total. The lowest BCUT2D eigenvalue weighted by molar-refractivity contribution is -0.123. The fourth-order valence-corrected chi connectivity index (χ4v) is 4.28. The predicted molar refractivity (Wildman–Crippen MR) is 108 cm³/mol. The average molecular weight is 397 g/mol. The lowest BCUT2D eigenvalue weighted by Gasteiger charge is -2.38. The van der Waals surface area contributed by atoms with Gasteiger partial charge in [-0.25, -0.2) is 4.79 Å². The molecule has 1 aromatic carbocycles. The molecule has 2 aromatic rings. The number of fused-ring (bicyclic) bond motifs is 1. The third kappa shape index (κ3) is 4.19. The van der Waals surface area contributed by atoms with Crippen molar-refractivity contribution in [3.63, 3.8) is 0 Å². The third-order valence-electron chi connectivity index (χ3n) is 5.92. The lowest BCUT2D eigenvalue weighted by Crippen LogP contribution is -2.41. The number of aliphatic hydroxyl groups is 1. The van der Waals surface area contributed by atoms with Gasteiger partial charge in [0.2, 0.25) is 5.91 Å². The van der Waals surface area contributed by atoms with E-state index < -0.39 is 0 Å². The highest BCUT2D eigenvalue weighted by Crippen LogP contribution is 2.39. The maximum atomic E-state index is 12.7. The van der Waals surface area contributed by atoms with Crippen LogP contribution in [0.15, 0.2) is 29.1 Å². The third-order valence-corrected chi connectivity index (χ3v) is 5.92. The van der Waals surface area contributed by atoms with E-state index in [0.29, 0.717) is 31.7 Å². The topological polar surface area (TPSA) is 93.5 Å². The van der Waals surface area contributed by atoms with E-state index in [1.165, 1.54) is 4.57 Å². The van der Waals surface area contributed by atoms with Crippen molar-refractivity contribution in [2.45, 2.75) is 58.2 Å². The Balaban J connectivity index is 1.46. The van der Waals surface area contributed by atoms with Crippen LogP contribution in [0.1, 0.15) is 47.8 Å². The van der Waals surface area contributed by atoms with Crippen LogP contribution in [-0.4, -0.2) is 33.3 Å². The summed E-state index contributed by atoms with van der Waals surface area (Å²) in [5.74, 6) is 1.01. The minimum absolute atomic E-state index is 0.111. The summed E-state index contributed by atoms with van der Waals surface area (Å²) in [6.07, 6.45) is 2.14. The maximum Gasteiger partial charge on any atom is 0.347 e. The van der Waals surface area contributed by atoms with E-state index in [9.17, 15) is 14.7 Å². The van der Waals surface area contributed by atoms with E-state index in [1.54, 1.807) is 6.92 Å². The van der Waals surface area contributed by atoms with Crippen LogP contribution in [0.2, 0.25) is 0 Å². The molecule has 1 amide bonds. The molecule has 1 fully saturated rings. The number of rotatable bonds is 6. The molecule has 1 saturated carbocycles. The molecule has 1 aromatic heterocycles. The number of hydrogen-bond acceptors (Lipinski definition) is 5. The highest BCUT2D eigenvalue weighted by atomic mass is 16.5. The molecular formula is C22H27N3O4. The van der Waals surface area contributed by atoms with E-state index in [2.05, 4.69) is 16.4 Å². The zero-order valence-electron chi connectivity index (χ0n) is 16.9. The SMILES string of the molecule is Cc1cc(C)n(CCC(=O)N[C@H](c2ccc3c(c2)CCO3)C2CC(O)C2)c(=O)n1. The molecule has 2 N–H and O–H groups in total. The van der Waals surface area contributed by atoms with E-state index in [1.807, 2.05) is 25.1 Å². The van der Waals surface area contributed by atoms with E-state index >= 15 is 0 Å². The van der Waals surface area contributed by atoms with Crippen molar-refractivity contribution in [3.05, 3.63) is 57.3 Å². The number of aliphatic hydroxyl groups excluding tert-OH is 1. The lowest BCUT2D eigenvalue weighted by atomic mass is 9.75. The second-order valence-corrected chi connectivity index (χ2v) is 8.12. The average Bonchev–Trinajstić information content (AvgIpc) is 3.10. The van der Waals surface area contributed by atoms with Gasteiger partial charge in [0.1, 0.15) is 5.75 Å². The first kappa shape index (κ1) is 19.6. The second-order valence-electron chi connectivity index (χ2n) is 8.12. The highest BCUT2D eigenvalue weighted by Gasteiger charge is 2.36. The first-order valence-electron chi connectivity index (χ1n) is 10.2. The Morgan fingerprint density at radius 3 is 2.86 bits per heavy atom. The fraction of sp³-hybridized carbons (Fsp3) is 0.500. The van der Waals surface area contributed by atoms with Gasteiger partial charge in [-0.15, -0.1) is 0 Å². The number of carbonyl (C=O) groups is 1. The van der Waals surface area contributed by atoms with Crippen molar-refractivity contribution < 1.29 is 14.6 Å². The van der Waals surface area contributed by atoms with Crippen LogP contribution in [0.3, 0.4) is 0 Å². The van der Waals surface area contributed by atoms with Crippen LogP contribution in [-0.2, 0) is 17.8 Å². The Morgan fingerprint density at radius 2 is 2.14 bits per heavy atom. The Labute approximate surface area is 169 Å². The summed E-state index contributed by atoms with van der Waals surface area (Å²) in [5.41, 5.74) is 3.36. The Kier molecular flexibility index (Phi) is 5.41. The van der Waals surface area contributed by atoms with Gasteiger partial charge in [-0.3, -0.25) is 9.36 Å². The first-order valence-corrected chi connectivity index (χ1v) is 10.2. The second kappa shape index (κ2) is 7.99. The zero-order valence-corrected chi connectivity index (χ0v) is 16.9. The summed E-state index contributed by atoms with van der Waals surface area (Å²) in [5, 5.41) is 12.9. The molecule has 1 aliphatic carbocycles. The summed E-state index contributed by atoms with van der Waals surface area (Å²) in [7, 11) is 0. The van der Waals surface area contributed by atoms with E-state index in [-0.39, 0.29) is 36.1 Å². The monoisotopic (exact) mass is 397 g/mol. The molecule has 0 saturated heterocycles. The van der Waals surface area contributed by atoms with Crippen LogP contribution in [0.5, 0.6) is 5.75 Å². The number of carbonyl (C=O) groups excluding carboxylic acids is 1. The Morgan fingerprint density at radius 1 is 1.34 bits per heavy atom. The molecule has 2 heterocycles. The largest absolute Gasteiger partial charge is 0.493 e. The number of aryl methyl sites for hydroxylation is 2. The van der Waals surface area contributed by atoms with Gasteiger partial charge >= 0.3 is 5.69 Å². The van der Waals surface area contributed by atoms with Crippen LogP contribution in [0.25, 0.3) is 0 Å². The molecule has 0 bridgehead atoms. The number of nitrogens with zero attached hydrogens (tertiary/aromatic N) is 2. The molecular weight excluding hydrogens is 370 g/mol. The normalized spacial score (nSPS) is 21.1. The van der Waals surface area contributed by atoms with Gasteiger partial charge in [0.25, 0.3) is 0 Å². The fourth-order valence-electron chi connectivity index (χ4n) is 4.28. The molecule has 0 unspecified atom stereocenters. The molecule has 0 spiro atoms. The molecule has 29 heavy (non-hydrogen) atoms. The van der Waals surface area contributed by atoms with E-state index in [4.69, 9.17) is 4.74 Å². The number of benzene rings is 1. The van der Waals surface area contributed by atoms with Crippen LogP contribution in [0.4, 0.5) is 0 Å². The molecule has 2 aliphatic rings. The van der Waals surface area contributed by atoms with Gasteiger partial charge in [-0.05, 0) is 61.9 Å². The van der Waals surface area contributed by atoms with Gasteiger partial charge in [0.05, 0.1) is 18.8 Å².